The van der Waals surface area contributed by atoms with E-state index in [-0.39, 0.29) is 22.9 Å². The van der Waals surface area contributed by atoms with Gasteiger partial charge in [0.25, 0.3) is 0 Å². The SMILES string of the molecule is CCOC(=O)c1cc(N)cc(Cl)c1OC(C)C(F)(F)F. The summed E-state index contributed by atoms with van der Waals surface area (Å²) in [7, 11) is 0. The average Bonchev–Trinajstić information content (AvgIpc) is 2.31. The Balaban J connectivity index is 3.20. The second kappa shape index (κ2) is 6.21. The summed E-state index contributed by atoms with van der Waals surface area (Å²) in [6.07, 6.45) is -6.71. The molecule has 0 saturated carbocycles. The molecule has 1 unspecified atom stereocenters. The minimum Gasteiger partial charge on any atom is -0.479 e. The standard InChI is InChI=1S/C12H13ClF3NO3/c1-3-19-11(18)8-4-7(17)5-9(13)10(8)20-6(2)12(14,15)16/h4-6H,3,17H2,1-2H3. The van der Waals surface area contributed by atoms with Crippen molar-refractivity contribution in [1.82, 2.24) is 0 Å². The molecule has 0 aliphatic rings. The maximum Gasteiger partial charge on any atom is 0.425 e. The molecule has 0 fully saturated rings. The Kier molecular flexibility index (Phi) is 5.10. The number of alkyl halides is 3. The van der Waals surface area contributed by atoms with Crippen LogP contribution >= 0.6 is 11.6 Å². The van der Waals surface area contributed by atoms with Crippen LogP contribution in [0.3, 0.4) is 0 Å². The van der Waals surface area contributed by atoms with E-state index in [1.165, 1.54) is 6.07 Å². The fraction of sp³-hybridized carbons (Fsp3) is 0.417. The number of carbonyl (C=O) groups is 1. The number of nitrogen functional groups attached to an aromatic ring is 1. The van der Waals surface area contributed by atoms with Gasteiger partial charge in [0.2, 0.25) is 0 Å². The zero-order valence-corrected chi connectivity index (χ0v) is 11.5. The van der Waals surface area contributed by atoms with Crippen LogP contribution in [0, 0.1) is 0 Å². The molecule has 8 heteroatoms. The van der Waals surface area contributed by atoms with Crippen molar-refractivity contribution in [2.45, 2.75) is 26.1 Å². The molecule has 0 amide bonds. The summed E-state index contributed by atoms with van der Waals surface area (Å²) < 4.78 is 47.0. The number of anilines is 1. The van der Waals surface area contributed by atoms with Crippen LogP contribution in [0.1, 0.15) is 24.2 Å². The van der Waals surface area contributed by atoms with E-state index in [1.54, 1.807) is 6.92 Å². The fourth-order valence-electron chi connectivity index (χ4n) is 1.34. The average molecular weight is 312 g/mol. The molecule has 1 atom stereocenters. The number of hydrogen-bond donors (Lipinski definition) is 1. The zero-order chi connectivity index (χ0) is 15.5. The molecule has 1 aromatic carbocycles. The van der Waals surface area contributed by atoms with Gasteiger partial charge in [0.05, 0.1) is 11.6 Å². The van der Waals surface area contributed by atoms with Crippen LogP contribution < -0.4 is 10.5 Å². The summed E-state index contributed by atoms with van der Waals surface area (Å²) in [5.41, 5.74) is 5.38. The summed E-state index contributed by atoms with van der Waals surface area (Å²) in [6.45, 7) is 2.42. The first-order chi connectivity index (χ1) is 9.16. The van der Waals surface area contributed by atoms with E-state index in [0.717, 1.165) is 13.0 Å². The molecule has 1 rings (SSSR count). The maximum atomic E-state index is 12.5. The van der Waals surface area contributed by atoms with Crippen molar-refractivity contribution in [2.24, 2.45) is 0 Å². The quantitative estimate of drug-likeness (QED) is 0.683. The lowest BCUT2D eigenvalue weighted by atomic mass is 10.1. The molecule has 112 valence electrons. The number of ether oxygens (including phenoxy) is 2. The number of nitrogens with two attached hydrogens (primary N) is 1. The topological polar surface area (TPSA) is 61.5 Å². The molecule has 0 aromatic heterocycles. The Morgan fingerprint density at radius 1 is 1.45 bits per heavy atom. The van der Waals surface area contributed by atoms with Crippen LogP contribution in [0.2, 0.25) is 5.02 Å². The van der Waals surface area contributed by atoms with Gasteiger partial charge in [-0.1, -0.05) is 11.6 Å². The van der Waals surface area contributed by atoms with E-state index in [9.17, 15) is 18.0 Å². The van der Waals surface area contributed by atoms with E-state index in [2.05, 4.69) is 0 Å². The van der Waals surface area contributed by atoms with Crippen LogP contribution in [0.5, 0.6) is 5.75 Å². The normalized spacial score (nSPS) is 12.9. The summed E-state index contributed by atoms with van der Waals surface area (Å²) in [6, 6.07) is 2.35. The molecule has 4 nitrogen and oxygen atoms in total. The highest BCUT2D eigenvalue weighted by atomic mass is 35.5. The van der Waals surface area contributed by atoms with E-state index >= 15 is 0 Å². The van der Waals surface area contributed by atoms with Gasteiger partial charge >= 0.3 is 12.1 Å². The van der Waals surface area contributed by atoms with Gasteiger partial charge in [-0.25, -0.2) is 4.79 Å². The highest BCUT2D eigenvalue weighted by Crippen LogP contribution is 2.35. The van der Waals surface area contributed by atoms with Crippen LogP contribution in [0.15, 0.2) is 12.1 Å². The van der Waals surface area contributed by atoms with Gasteiger partial charge in [-0.3, -0.25) is 0 Å². The third-order valence-corrected chi connectivity index (χ3v) is 2.60. The predicted octanol–water partition coefficient (Wildman–Crippen LogP) is 3.43. The highest BCUT2D eigenvalue weighted by molar-refractivity contribution is 6.33. The van der Waals surface area contributed by atoms with Gasteiger partial charge in [0, 0.05) is 5.69 Å². The third-order valence-electron chi connectivity index (χ3n) is 2.32. The Bertz CT molecular complexity index is 505. The van der Waals surface area contributed by atoms with Gasteiger partial charge in [0.15, 0.2) is 11.9 Å². The fourth-order valence-corrected chi connectivity index (χ4v) is 1.61. The van der Waals surface area contributed by atoms with Crippen molar-refractivity contribution in [3.05, 3.63) is 22.7 Å². The Morgan fingerprint density at radius 3 is 2.55 bits per heavy atom. The van der Waals surface area contributed by atoms with Crippen LogP contribution in [0.25, 0.3) is 0 Å². The molecule has 1 aromatic rings. The van der Waals surface area contributed by atoms with Crippen molar-refractivity contribution >= 4 is 23.3 Å². The molecule has 0 saturated heterocycles. The number of carbonyl (C=O) groups excluding carboxylic acids is 1. The van der Waals surface area contributed by atoms with Crippen LogP contribution in [-0.4, -0.2) is 24.9 Å². The number of halogens is 4. The molecule has 0 spiro atoms. The summed E-state index contributed by atoms with van der Waals surface area (Å²) in [5.74, 6) is -1.25. The maximum absolute atomic E-state index is 12.5. The number of rotatable bonds is 4. The van der Waals surface area contributed by atoms with Crippen LogP contribution in [0.4, 0.5) is 18.9 Å². The van der Waals surface area contributed by atoms with Crippen molar-refractivity contribution in [3.8, 4) is 5.75 Å². The summed E-state index contributed by atoms with van der Waals surface area (Å²) >= 11 is 5.79. The van der Waals surface area contributed by atoms with E-state index < -0.39 is 24.0 Å². The minimum atomic E-state index is -4.59. The van der Waals surface area contributed by atoms with Gasteiger partial charge in [-0.15, -0.1) is 0 Å². The smallest absolute Gasteiger partial charge is 0.425 e. The molecule has 0 bridgehead atoms. The van der Waals surface area contributed by atoms with E-state index in [1.807, 2.05) is 0 Å². The largest absolute Gasteiger partial charge is 0.479 e. The Labute approximate surface area is 118 Å². The first kappa shape index (κ1) is 16.4. The predicted molar refractivity (Wildman–Crippen MR) is 68.0 cm³/mol. The first-order valence-electron chi connectivity index (χ1n) is 5.66. The lowest BCUT2D eigenvalue weighted by molar-refractivity contribution is -0.189. The summed E-state index contributed by atoms with van der Waals surface area (Å²) in [4.78, 5) is 11.7. The second-order valence-electron chi connectivity index (χ2n) is 3.90. The first-order valence-corrected chi connectivity index (χ1v) is 6.04. The van der Waals surface area contributed by atoms with Crippen molar-refractivity contribution < 1.29 is 27.4 Å². The molecule has 0 radical (unpaired) electrons. The Morgan fingerprint density at radius 2 is 2.05 bits per heavy atom. The van der Waals surface area contributed by atoms with E-state index in [4.69, 9.17) is 26.8 Å². The molecular weight excluding hydrogens is 299 g/mol. The second-order valence-corrected chi connectivity index (χ2v) is 4.31. The van der Waals surface area contributed by atoms with E-state index in [0.29, 0.717) is 0 Å². The van der Waals surface area contributed by atoms with Gasteiger partial charge in [0.1, 0.15) is 5.56 Å². The monoisotopic (exact) mass is 311 g/mol. The molecule has 20 heavy (non-hydrogen) atoms. The lowest BCUT2D eigenvalue weighted by Gasteiger charge is -2.20. The van der Waals surface area contributed by atoms with Crippen molar-refractivity contribution in [2.75, 3.05) is 12.3 Å². The zero-order valence-electron chi connectivity index (χ0n) is 10.8. The number of benzene rings is 1. The number of hydrogen-bond acceptors (Lipinski definition) is 4. The highest BCUT2D eigenvalue weighted by Gasteiger charge is 2.39. The minimum absolute atomic E-state index is 0.0551. The van der Waals surface area contributed by atoms with Crippen molar-refractivity contribution in [3.63, 3.8) is 0 Å². The number of esters is 1. The molecule has 0 aliphatic carbocycles. The lowest BCUT2D eigenvalue weighted by Crippen LogP contribution is -2.31. The van der Waals surface area contributed by atoms with Gasteiger partial charge < -0.3 is 15.2 Å². The molecule has 2 N–H and O–H groups in total. The third kappa shape index (κ3) is 3.93. The molecule has 0 aliphatic heterocycles. The van der Waals surface area contributed by atoms with Gasteiger partial charge in [-0.05, 0) is 26.0 Å². The van der Waals surface area contributed by atoms with Crippen molar-refractivity contribution in [1.29, 1.82) is 0 Å². The van der Waals surface area contributed by atoms with Gasteiger partial charge in [-0.2, -0.15) is 13.2 Å². The summed E-state index contributed by atoms with van der Waals surface area (Å²) in [5, 5.41) is -0.191. The molecular formula is C12H13ClF3NO3. The molecule has 0 heterocycles. The van der Waals surface area contributed by atoms with Crippen LogP contribution in [-0.2, 0) is 4.74 Å². The Hall–Kier alpha value is -1.63.